The summed E-state index contributed by atoms with van der Waals surface area (Å²) in [5.41, 5.74) is 1.10. The molecule has 2 rings (SSSR count). The number of carbonyl (C=O) groups is 2. The Morgan fingerprint density at radius 2 is 2.25 bits per heavy atom. The molecule has 1 aliphatic rings. The van der Waals surface area contributed by atoms with Crippen LogP contribution in [0.4, 0.5) is 0 Å². The first kappa shape index (κ1) is 14.5. The largest absolute Gasteiger partial charge is 0.297 e. The average Bonchev–Trinajstić information content (AvgIpc) is 2.45. The molecular formula is C14H14ClN3O2. The zero-order valence-corrected chi connectivity index (χ0v) is 11.8. The van der Waals surface area contributed by atoms with Gasteiger partial charge in [0.25, 0.3) is 0 Å². The molecule has 1 aliphatic heterocycles. The van der Waals surface area contributed by atoms with Crippen LogP contribution in [-0.4, -0.2) is 29.3 Å². The Balaban J connectivity index is 2.22. The van der Waals surface area contributed by atoms with E-state index in [1.165, 1.54) is 11.0 Å². The molecule has 104 valence electrons. The number of carbonyl (C=O) groups excluding carboxylic acids is 2. The normalized spacial score (nSPS) is 19.1. The van der Waals surface area contributed by atoms with Crippen molar-refractivity contribution in [3.05, 3.63) is 34.3 Å². The van der Waals surface area contributed by atoms with Crippen LogP contribution in [0.3, 0.4) is 0 Å². The Hall–Kier alpha value is -1.90. The fourth-order valence-corrected chi connectivity index (χ4v) is 2.35. The highest BCUT2D eigenvalue weighted by molar-refractivity contribution is 6.31. The number of rotatable bonds is 3. The van der Waals surface area contributed by atoms with Crippen LogP contribution in [0.1, 0.15) is 24.5 Å². The van der Waals surface area contributed by atoms with Crippen LogP contribution in [0.5, 0.6) is 0 Å². The molecule has 0 aliphatic carbocycles. The maximum atomic E-state index is 12.2. The highest BCUT2D eigenvalue weighted by Crippen LogP contribution is 2.21. The minimum absolute atomic E-state index is 0.139. The molecule has 0 saturated carbocycles. The predicted octanol–water partition coefficient (Wildman–Crippen LogP) is 1.45. The van der Waals surface area contributed by atoms with Crippen molar-refractivity contribution in [1.82, 2.24) is 10.2 Å². The summed E-state index contributed by atoms with van der Waals surface area (Å²) in [7, 11) is 0. The van der Waals surface area contributed by atoms with Crippen molar-refractivity contribution in [2.75, 3.05) is 6.54 Å². The molecule has 1 saturated heterocycles. The van der Waals surface area contributed by atoms with Crippen LogP contribution in [0.2, 0.25) is 5.02 Å². The van der Waals surface area contributed by atoms with Crippen LogP contribution >= 0.6 is 11.6 Å². The molecule has 1 aromatic rings. The van der Waals surface area contributed by atoms with Gasteiger partial charge in [0.15, 0.2) is 0 Å². The number of amides is 2. The molecule has 0 aromatic heterocycles. The third-order valence-corrected chi connectivity index (χ3v) is 3.64. The first-order chi connectivity index (χ1) is 9.56. The monoisotopic (exact) mass is 291 g/mol. The number of halogens is 1. The second kappa shape index (κ2) is 6.04. The second-order valence-corrected chi connectivity index (χ2v) is 4.99. The number of nitrogens with one attached hydrogen (secondary N) is 1. The van der Waals surface area contributed by atoms with Gasteiger partial charge < -0.3 is 0 Å². The highest BCUT2D eigenvalue weighted by atomic mass is 35.5. The van der Waals surface area contributed by atoms with Gasteiger partial charge in [-0.25, -0.2) is 0 Å². The smallest absolute Gasteiger partial charge is 0.246 e. The first-order valence-corrected chi connectivity index (χ1v) is 6.70. The molecule has 1 unspecified atom stereocenters. The van der Waals surface area contributed by atoms with Crippen molar-refractivity contribution < 1.29 is 9.59 Å². The van der Waals surface area contributed by atoms with Gasteiger partial charge in [-0.2, -0.15) is 5.26 Å². The zero-order valence-electron chi connectivity index (χ0n) is 11.0. The molecule has 0 spiro atoms. The van der Waals surface area contributed by atoms with Crippen molar-refractivity contribution in [2.24, 2.45) is 0 Å². The Morgan fingerprint density at radius 3 is 2.85 bits per heavy atom. The van der Waals surface area contributed by atoms with Gasteiger partial charge in [-0.3, -0.25) is 19.8 Å². The lowest BCUT2D eigenvalue weighted by molar-refractivity contribution is -0.150. The number of benzene rings is 1. The maximum absolute atomic E-state index is 12.2. The Labute approximate surface area is 122 Å². The van der Waals surface area contributed by atoms with Crippen molar-refractivity contribution in [1.29, 1.82) is 5.26 Å². The molecule has 1 heterocycles. The van der Waals surface area contributed by atoms with E-state index in [0.29, 0.717) is 22.6 Å². The van der Waals surface area contributed by atoms with E-state index in [4.69, 9.17) is 16.9 Å². The standard InChI is InChI=1S/C14H14ClN3O2/c1-2-12-14(20)18(13(19)7-17-12)8-10-4-3-9(6-16)5-11(10)15/h3-5,12,17H,2,7-8H2,1H3. The lowest BCUT2D eigenvalue weighted by Crippen LogP contribution is -2.57. The minimum Gasteiger partial charge on any atom is -0.297 e. The molecule has 6 heteroatoms. The van der Waals surface area contributed by atoms with Gasteiger partial charge in [0.1, 0.15) is 0 Å². The van der Waals surface area contributed by atoms with Crippen LogP contribution in [0.25, 0.3) is 0 Å². The van der Waals surface area contributed by atoms with Gasteiger partial charge in [0, 0.05) is 5.02 Å². The van der Waals surface area contributed by atoms with E-state index in [1.807, 2.05) is 13.0 Å². The third-order valence-electron chi connectivity index (χ3n) is 3.28. The number of piperazine rings is 1. The van der Waals surface area contributed by atoms with Crippen LogP contribution in [-0.2, 0) is 16.1 Å². The van der Waals surface area contributed by atoms with Crippen LogP contribution in [0.15, 0.2) is 18.2 Å². The van der Waals surface area contributed by atoms with E-state index in [2.05, 4.69) is 5.32 Å². The summed E-state index contributed by atoms with van der Waals surface area (Å²) in [6.07, 6.45) is 0.629. The molecule has 1 aromatic carbocycles. The van der Waals surface area contributed by atoms with Crippen molar-refractivity contribution in [2.45, 2.75) is 25.9 Å². The third kappa shape index (κ3) is 2.82. The molecule has 1 N–H and O–H groups in total. The molecule has 0 bridgehead atoms. The molecule has 0 radical (unpaired) electrons. The number of nitrogens with zero attached hydrogens (tertiary/aromatic N) is 2. The lowest BCUT2D eigenvalue weighted by atomic mass is 10.1. The lowest BCUT2D eigenvalue weighted by Gasteiger charge is -2.31. The SMILES string of the molecule is CCC1NCC(=O)N(Cc2ccc(C#N)cc2Cl)C1=O. The number of hydrogen-bond acceptors (Lipinski definition) is 4. The van der Waals surface area contributed by atoms with E-state index in [-0.39, 0.29) is 30.9 Å². The molecule has 1 fully saturated rings. The number of hydrogen-bond donors (Lipinski definition) is 1. The number of imide groups is 1. The minimum atomic E-state index is -0.329. The Morgan fingerprint density at radius 1 is 1.50 bits per heavy atom. The van der Waals surface area contributed by atoms with Gasteiger partial charge in [0.2, 0.25) is 11.8 Å². The average molecular weight is 292 g/mol. The zero-order chi connectivity index (χ0) is 14.7. The molecule has 1 atom stereocenters. The van der Waals surface area contributed by atoms with E-state index >= 15 is 0 Å². The van der Waals surface area contributed by atoms with Gasteiger partial charge in [-0.1, -0.05) is 24.6 Å². The van der Waals surface area contributed by atoms with Gasteiger partial charge in [-0.05, 0) is 24.1 Å². The molecule has 20 heavy (non-hydrogen) atoms. The summed E-state index contributed by atoms with van der Waals surface area (Å²) in [5.74, 6) is -0.496. The van der Waals surface area contributed by atoms with E-state index in [9.17, 15) is 9.59 Å². The number of nitriles is 1. The quantitative estimate of drug-likeness (QED) is 0.856. The first-order valence-electron chi connectivity index (χ1n) is 6.33. The van der Waals surface area contributed by atoms with Crippen LogP contribution < -0.4 is 5.32 Å². The molecular weight excluding hydrogens is 278 g/mol. The fraction of sp³-hybridized carbons (Fsp3) is 0.357. The maximum Gasteiger partial charge on any atom is 0.246 e. The summed E-state index contributed by atoms with van der Waals surface area (Å²) >= 11 is 6.08. The van der Waals surface area contributed by atoms with Crippen molar-refractivity contribution in [3.63, 3.8) is 0 Å². The summed E-state index contributed by atoms with van der Waals surface area (Å²) in [5, 5.41) is 12.1. The van der Waals surface area contributed by atoms with E-state index < -0.39 is 0 Å². The van der Waals surface area contributed by atoms with Crippen molar-refractivity contribution >= 4 is 23.4 Å². The predicted molar refractivity (Wildman–Crippen MR) is 73.8 cm³/mol. The van der Waals surface area contributed by atoms with Crippen LogP contribution in [0, 0.1) is 11.3 Å². The summed E-state index contributed by atoms with van der Waals surface area (Å²) in [4.78, 5) is 25.2. The summed E-state index contributed by atoms with van der Waals surface area (Å²) in [6, 6.07) is 6.49. The highest BCUT2D eigenvalue weighted by Gasteiger charge is 2.32. The Bertz CT molecular complexity index is 595. The topological polar surface area (TPSA) is 73.2 Å². The summed E-state index contributed by atoms with van der Waals surface area (Å²) in [6.45, 7) is 2.18. The summed E-state index contributed by atoms with van der Waals surface area (Å²) < 4.78 is 0. The Kier molecular flexibility index (Phi) is 4.38. The van der Waals surface area contributed by atoms with Gasteiger partial charge >= 0.3 is 0 Å². The van der Waals surface area contributed by atoms with Gasteiger partial charge in [0.05, 0.1) is 30.8 Å². The van der Waals surface area contributed by atoms with E-state index in [0.717, 1.165) is 0 Å². The molecule has 5 nitrogen and oxygen atoms in total. The second-order valence-electron chi connectivity index (χ2n) is 4.58. The van der Waals surface area contributed by atoms with Gasteiger partial charge in [-0.15, -0.1) is 0 Å². The fourth-order valence-electron chi connectivity index (χ4n) is 2.10. The van der Waals surface area contributed by atoms with Crippen molar-refractivity contribution in [3.8, 4) is 6.07 Å². The van der Waals surface area contributed by atoms with E-state index in [1.54, 1.807) is 12.1 Å². The molecule has 2 amide bonds.